The zero-order chi connectivity index (χ0) is 14.3. The lowest BCUT2D eigenvalue weighted by Crippen LogP contribution is -2.19. The molecular formula is C15H11BrClFO2. The van der Waals surface area contributed by atoms with Crippen LogP contribution in [-0.4, -0.2) is 5.11 Å². The Hall–Kier alpha value is -1.10. The summed E-state index contributed by atoms with van der Waals surface area (Å²) in [6.45, 7) is 0. The molecule has 104 valence electrons. The summed E-state index contributed by atoms with van der Waals surface area (Å²) in [5.74, 6) is 0.189. The molecule has 20 heavy (non-hydrogen) atoms. The third-order valence-corrected chi connectivity index (χ3v) is 4.01. The molecule has 2 nitrogen and oxygen atoms in total. The van der Waals surface area contributed by atoms with Gasteiger partial charge in [0.15, 0.2) is 0 Å². The van der Waals surface area contributed by atoms with Crippen LogP contribution in [0.2, 0.25) is 5.02 Å². The molecule has 1 unspecified atom stereocenters. The van der Waals surface area contributed by atoms with Crippen LogP contribution in [0.5, 0.6) is 5.75 Å². The molecule has 0 aliphatic carbocycles. The van der Waals surface area contributed by atoms with Crippen LogP contribution in [0.1, 0.15) is 29.8 Å². The van der Waals surface area contributed by atoms with E-state index in [9.17, 15) is 9.50 Å². The molecule has 0 radical (unpaired) electrons. The Bertz CT molecular complexity index is 642. The Morgan fingerprint density at radius 1 is 1.25 bits per heavy atom. The SMILES string of the molecule is O[C@H]1CC(c2cc(F)cc(Cl)c2)Oc2cc(Br)ccc21. The highest BCUT2D eigenvalue weighted by Crippen LogP contribution is 2.42. The predicted molar refractivity (Wildman–Crippen MR) is 78.5 cm³/mol. The summed E-state index contributed by atoms with van der Waals surface area (Å²) in [6.07, 6.45) is -0.687. The predicted octanol–water partition coefficient (Wildman–Crippen LogP) is 4.80. The van der Waals surface area contributed by atoms with E-state index in [0.717, 1.165) is 10.0 Å². The maximum atomic E-state index is 13.4. The molecule has 0 fully saturated rings. The summed E-state index contributed by atoms with van der Waals surface area (Å²) >= 11 is 9.23. The van der Waals surface area contributed by atoms with E-state index < -0.39 is 18.0 Å². The molecular weight excluding hydrogens is 347 g/mol. The van der Waals surface area contributed by atoms with Crippen molar-refractivity contribution in [3.63, 3.8) is 0 Å². The second kappa shape index (κ2) is 5.35. The average Bonchev–Trinajstić information content (AvgIpc) is 2.36. The number of aliphatic hydroxyl groups is 1. The van der Waals surface area contributed by atoms with Gasteiger partial charge >= 0.3 is 0 Å². The van der Waals surface area contributed by atoms with Gasteiger partial charge < -0.3 is 9.84 Å². The van der Waals surface area contributed by atoms with Crippen molar-refractivity contribution in [2.75, 3.05) is 0 Å². The lowest BCUT2D eigenvalue weighted by molar-refractivity contribution is 0.0655. The van der Waals surface area contributed by atoms with E-state index in [1.165, 1.54) is 12.1 Å². The maximum absolute atomic E-state index is 13.4. The van der Waals surface area contributed by atoms with Gasteiger partial charge in [0.2, 0.25) is 0 Å². The van der Waals surface area contributed by atoms with E-state index >= 15 is 0 Å². The molecule has 1 aliphatic rings. The van der Waals surface area contributed by atoms with Crippen LogP contribution >= 0.6 is 27.5 Å². The van der Waals surface area contributed by atoms with E-state index in [2.05, 4.69) is 15.9 Å². The van der Waals surface area contributed by atoms with Crippen molar-refractivity contribution in [1.82, 2.24) is 0 Å². The van der Waals surface area contributed by atoms with Crippen molar-refractivity contribution < 1.29 is 14.2 Å². The summed E-state index contributed by atoms with van der Waals surface area (Å²) in [5, 5.41) is 10.5. The minimum absolute atomic E-state index is 0.318. The second-order valence-electron chi connectivity index (χ2n) is 4.74. The van der Waals surface area contributed by atoms with E-state index in [-0.39, 0.29) is 0 Å². The fraction of sp³-hybridized carbons (Fsp3) is 0.200. The van der Waals surface area contributed by atoms with E-state index in [0.29, 0.717) is 22.8 Å². The minimum atomic E-state index is -0.640. The Balaban J connectivity index is 1.98. The van der Waals surface area contributed by atoms with Crippen LogP contribution in [0.15, 0.2) is 40.9 Å². The van der Waals surface area contributed by atoms with Gasteiger partial charge in [-0.1, -0.05) is 33.6 Å². The number of ether oxygens (including phenoxy) is 1. The van der Waals surface area contributed by atoms with E-state index in [4.69, 9.17) is 16.3 Å². The quantitative estimate of drug-likeness (QED) is 0.794. The van der Waals surface area contributed by atoms with E-state index in [1.54, 1.807) is 12.1 Å². The summed E-state index contributed by atoms with van der Waals surface area (Å²) in [4.78, 5) is 0. The van der Waals surface area contributed by atoms with Gasteiger partial charge in [0.05, 0.1) is 6.10 Å². The van der Waals surface area contributed by atoms with Crippen LogP contribution in [0.3, 0.4) is 0 Å². The van der Waals surface area contributed by atoms with Crippen molar-refractivity contribution >= 4 is 27.5 Å². The minimum Gasteiger partial charge on any atom is -0.485 e. The normalized spacial score (nSPS) is 21.2. The Labute approximate surface area is 129 Å². The van der Waals surface area contributed by atoms with Gasteiger partial charge in [-0.15, -0.1) is 0 Å². The van der Waals surface area contributed by atoms with Crippen molar-refractivity contribution in [2.45, 2.75) is 18.6 Å². The topological polar surface area (TPSA) is 29.5 Å². The molecule has 2 atom stereocenters. The molecule has 1 aliphatic heterocycles. The highest BCUT2D eigenvalue weighted by Gasteiger charge is 2.28. The lowest BCUT2D eigenvalue weighted by atomic mass is 9.95. The number of halogens is 3. The molecule has 0 saturated carbocycles. The highest BCUT2D eigenvalue weighted by atomic mass is 79.9. The third-order valence-electron chi connectivity index (χ3n) is 3.30. The number of hydrogen-bond acceptors (Lipinski definition) is 2. The van der Waals surface area contributed by atoms with Crippen molar-refractivity contribution in [1.29, 1.82) is 0 Å². The first-order chi connectivity index (χ1) is 9.52. The molecule has 1 N–H and O–H groups in total. The monoisotopic (exact) mass is 356 g/mol. The lowest BCUT2D eigenvalue weighted by Gasteiger charge is -2.30. The van der Waals surface area contributed by atoms with Crippen LogP contribution in [-0.2, 0) is 0 Å². The molecule has 3 rings (SSSR count). The number of aliphatic hydroxyl groups excluding tert-OH is 1. The smallest absolute Gasteiger partial charge is 0.127 e. The highest BCUT2D eigenvalue weighted by molar-refractivity contribution is 9.10. The van der Waals surface area contributed by atoms with Gasteiger partial charge in [-0.25, -0.2) is 4.39 Å². The van der Waals surface area contributed by atoms with Gasteiger partial charge in [-0.3, -0.25) is 0 Å². The maximum Gasteiger partial charge on any atom is 0.127 e. The van der Waals surface area contributed by atoms with Gasteiger partial charge in [0.1, 0.15) is 17.7 Å². The third kappa shape index (κ3) is 2.68. The van der Waals surface area contributed by atoms with Crippen LogP contribution in [0.25, 0.3) is 0 Å². The first-order valence-electron chi connectivity index (χ1n) is 6.13. The molecule has 0 amide bonds. The molecule has 2 aromatic rings. The molecule has 0 saturated heterocycles. The summed E-state index contributed by atoms with van der Waals surface area (Å²) in [5.41, 5.74) is 1.37. The Morgan fingerprint density at radius 2 is 2.05 bits per heavy atom. The zero-order valence-electron chi connectivity index (χ0n) is 10.3. The molecule has 2 aromatic carbocycles. The van der Waals surface area contributed by atoms with Crippen LogP contribution in [0.4, 0.5) is 4.39 Å². The standard InChI is InChI=1S/C15H11BrClFO2/c16-9-1-2-12-13(19)7-14(20-15(12)5-9)8-3-10(17)6-11(18)4-8/h1-6,13-14,19H,7H2/t13-,14?/m0/s1. The van der Waals surface area contributed by atoms with Crippen molar-refractivity contribution in [3.05, 3.63) is 62.8 Å². The number of hydrogen-bond donors (Lipinski definition) is 1. The summed E-state index contributed by atoms with van der Waals surface area (Å²) in [7, 11) is 0. The van der Waals surface area contributed by atoms with Crippen molar-refractivity contribution in [2.24, 2.45) is 0 Å². The fourth-order valence-corrected chi connectivity index (χ4v) is 2.95. The first-order valence-corrected chi connectivity index (χ1v) is 7.30. The molecule has 0 spiro atoms. The summed E-state index contributed by atoms with van der Waals surface area (Å²) < 4.78 is 20.2. The summed E-state index contributed by atoms with van der Waals surface area (Å²) in [6, 6.07) is 9.75. The zero-order valence-corrected chi connectivity index (χ0v) is 12.7. The number of rotatable bonds is 1. The van der Waals surface area contributed by atoms with Gasteiger partial charge in [0, 0.05) is 21.5 Å². The van der Waals surface area contributed by atoms with Gasteiger partial charge in [-0.2, -0.15) is 0 Å². The number of fused-ring (bicyclic) bond motifs is 1. The molecule has 0 aromatic heterocycles. The molecule has 1 heterocycles. The van der Waals surface area contributed by atoms with Crippen LogP contribution in [0, 0.1) is 5.82 Å². The largest absolute Gasteiger partial charge is 0.485 e. The van der Waals surface area contributed by atoms with Gasteiger partial charge in [0.25, 0.3) is 0 Å². The van der Waals surface area contributed by atoms with E-state index in [1.807, 2.05) is 12.1 Å². The molecule has 0 bridgehead atoms. The fourth-order valence-electron chi connectivity index (χ4n) is 2.38. The second-order valence-corrected chi connectivity index (χ2v) is 6.10. The Morgan fingerprint density at radius 3 is 2.80 bits per heavy atom. The first kappa shape index (κ1) is 13.9. The molecule has 5 heteroatoms. The average molecular weight is 358 g/mol. The van der Waals surface area contributed by atoms with Gasteiger partial charge in [-0.05, 0) is 35.9 Å². The number of benzene rings is 2. The van der Waals surface area contributed by atoms with Crippen LogP contribution < -0.4 is 4.74 Å². The Kier molecular flexibility index (Phi) is 3.71. The van der Waals surface area contributed by atoms with Crippen molar-refractivity contribution in [3.8, 4) is 5.75 Å².